The van der Waals surface area contributed by atoms with E-state index in [2.05, 4.69) is 81.5 Å². The van der Waals surface area contributed by atoms with E-state index in [9.17, 15) is 14.4 Å². The highest BCUT2D eigenvalue weighted by atomic mass is 16.6. The van der Waals surface area contributed by atoms with Crippen LogP contribution >= 0.6 is 0 Å². The van der Waals surface area contributed by atoms with Gasteiger partial charge < -0.3 is 14.2 Å². The van der Waals surface area contributed by atoms with Gasteiger partial charge in [-0.05, 0) is 103 Å². The van der Waals surface area contributed by atoms with E-state index in [-0.39, 0.29) is 31.1 Å². The van der Waals surface area contributed by atoms with Crippen molar-refractivity contribution in [3.63, 3.8) is 0 Å². The maximum absolute atomic E-state index is 12.8. The average molecular weight is 895 g/mol. The highest BCUT2D eigenvalue weighted by molar-refractivity contribution is 5.71. The Balaban J connectivity index is 4.34. The fraction of sp³-hybridized carbons (Fsp3) is 0.776. The van der Waals surface area contributed by atoms with Crippen molar-refractivity contribution >= 4 is 17.9 Å². The fourth-order valence-electron chi connectivity index (χ4n) is 7.56. The molecular formula is C58H102O6. The van der Waals surface area contributed by atoms with Crippen LogP contribution in [0.1, 0.15) is 271 Å². The Morgan fingerprint density at radius 1 is 0.312 bits per heavy atom. The normalized spacial score (nSPS) is 12.5. The van der Waals surface area contributed by atoms with E-state index in [1.165, 1.54) is 128 Å². The molecule has 0 N–H and O–H groups in total. The molecule has 64 heavy (non-hydrogen) atoms. The predicted molar refractivity (Wildman–Crippen MR) is 275 cm³/mol. The molecular weight excluding hydrogens is 793 g/mol. The van der Waals surface area contributed by atoms with E-state index in [1.54, 1.807) is 0 Å². The van der Waals surface area contributed by atoms with E-state index in [0.717, 1.165) is 103 Å². The molecule has 0 bridgehead atoms. The van der Waals surface area contributed by atoms with Gasteiger partial charge in [-0.1, -0.05) is 210 Å². The van der Waals surface area contributed by atoms with Crippen LogP contribution in [0.5, 0.6) is 0 Å². The number of carbonyl (C=O) groups is 3. The average Bonchev–Trinajstić information content (AvgIpc) is 3.29. The van der Waals surface area contributed by atoms with Crippen LogP contribution in [0.25, 0.3) is 0 Å². The molecule has 370 valence electrons. The Bertz CT molecular complexity index is 1170. The van der Waals surface area contributed by atoms with Crippen molar-refractivity contribution in [3.8, 4) is 0 Å². The molecule has 0 aromatic heterocycles. The van der Waals surface area contributed by atoms with E-state index >= 15 is 0 Å². The molecule has 0 spiro atoms. The predicted octanol–water partition coefficient (Wildman–Crippen LogP) is 18.0. The number of hydrogen-bond acceptors (Lipinski definition) is 6. The molecule has 1 atom stereocenters. The minimum absolute atomic E-state index is 0.0861. The van der Waals surface area contributed by atoms with Crippen molar-refractivity contribution in [2.24, 2.45) is 0 Å². The van der Waals surface area contributed by atoms with Crippen molar-refractivity contribution in [2.45, 2.75) is 277 Å². The molecule has 0 fully saturated rings. The zero-order chi connectivity index (χ0) is 46.5. The number of unbranched alkanes of at least 4 members (excludes halogenated alkanes) is 28. The van der Waals surface area contributed by atoms with E-state index in [4.69, 9.17) is 14.2 Å². The topological polar surface area (TPSA) is 78.9 Å². The second kappa shape index (κ2) is 52.7. The third-order valence-electron chi connectivity index (χ3n) is 11.7. The Kier molecular flexibility index (Phi) is 50.4. The maximum Gasteiger partial charge on any atom is 0.306 e. The summed E-state index contributed by atoms with van der Waals surface area (Å²) in [6.45, 7) is 6.54. The van der Waals surface area contributed by atoms with Gasteiger partial charge in [0.05, 0.1) is 0 Å². The van der Waals surface area contributed by atoms with Gasteiger partial charge in [0, 0.05) is 19.3 Å². The highest BCUT2D eigenvalue weighted by Gasteiger charge is 2.19. The second-order valence-electron chi connectivity index (χ2n) is 18.1. The van der Waals surface area contributed by atoms with Gasteiger partial charge in [0.15, 0.2) is 6.10 Å². The van der Waals surface area contributed by atoms with Crippen molar-refractivity contribution in [2.75, 3.05) is 13.2 Å². The van der Waals surface area contributed by atoms with Crippen LogP contribution in [0.4, 0.5) is 0 Å². The SMILES string of the molecule is CCC/C=C\CCCCCCCC(=O)OCC(COC(=O)CCCCCCCC/C=C\C/C=C\C/C=C\CCCCCCC)OC(=O)CCCCCCC/C=C\CCCCCCCC. The Labute approximate surface area is 396 Å². The first kappa shape index (κ1) is 61.1. The molecule has 0 rings (SSSR count). The van der Waals surface area contributed by atoms with Gasteiger partial charge in [-0.25, -0.2) is 0 Å². The lowest BCUT2D eigenvalue weighted by Gasteiger charge is -2.18. The smallest absolute Gasteiger partial charge is 0.306 e. The minimum atomic E-state index is -0.786. The second-order valence-corrected chi connectivity index (χ2v) is 18.1. The zero-order valence-corrected chi connectivity index (χ0v) is 42.3. The monoisotopic (exact) mass is 895 g/mol. The number of allylic oxidation sites excluding steroid dienone is 10. The number of esters is 3. The lowest BCUT2D eigenvalue weighted by molar-refractivity contribution is -0.167. The Hall–Kier alpha value is -2.89. The van der Waals surface area contributed by atoms with Crippen LogP contribution in [0, 0.1) is 0 Å². The summed E-state index contributed by atoms with van der Waals surface area (Å²) in [5.74, 6) is -0.912. The maximum atomic E-state index is 12.8. The van der Waals surface area contributed by atoms with Crippen molar-refractivity contribution in [1.29, 1.82) is 0 Å². The molecule has 1 unspecified atom stereocenters. The molecule has 0 saturated carbocycles. The number of carbonyl (C=O) groups excluding carboxylic acids is 3. The molecule has 0 aromatic rings. The molecule has 0 aromatic carbocycles. The van der Waals surface area contributed by atoms with Crippen molar-refractivity contribution in [1.82, 2.24) is 0 Å². The number of rotatable bonds is 49. The Morgan fingerprint density at radius 2 is 0.594 bits per heavy atom. The highest BCUT2D eigenvalue weighted by Crippen LogP contribution is 2.14. The molecule has 0 aliphatic carbocycles. The van der Waals surface area contributed by atoms with Gasteiger partial charge in [-0.2, -0.15) is 0 Å². The molecule has 0 heterocycles. The first-order valence-corrected chi connectivity index (χ1v) is 27.3. The molecule has 0 aliphatic heterocycles. The third kappa shape index (κ3) is 50.1. The summed E-state index contributed by atoms with van der Waals surface area (Å²) in [6, 6.07) is 0. The van der Waals surface area contributed by atoms with Crippen LogP contribution in [0.2, 0.25) is 0 Å². The summed E-state index contributed by atoms with van der Waals surface area (Å²) in [7, 11) is 0. The summed E-state index contributed by atoms with van der Waals surface area (Å²) >= 11 is 0. The van der Waals surface area contributed by atoms with Crippen LogP contribution < -0.4 is 0 Å². The Morgan fingerprint density at radius 3 is 0.953 bits per heavy atom. The van der Waals surface area contributed by atoms with Gasteiger partial charge in [0.2, 0.25) is 0 Å². The summed E-state index contributed by atoms with van der Waals surface area (Å²) in [5.41, 5.74) is 0. The standard InChI is InChI=1S/C58H102O6/c1-4-7-10-13-16-19-22-24-26-27-28-29-30-31-33-34-36-39-42-45-48-51-57(60)63-54-55(53-62-56(59)50-47-44-41-38-21-18-15-12-9-6-3)64-58(61)52-49-46-43-40-37-35-32-25-23-20-17-14-11-8-5-2/h12,15,22,24-25,27-28,30-32,55H,4-11,13-14,16-21,23,26,29,33-54H2,1-3H3/b15-12-,24-22-,28-27-,31-30-,32-25-. The van der Waals surface area contributed by atoms with Crippen molar-refractivity contribution in [3.05, 3.63) is 60.8 Å². The summed E-state index contributed by atoms with van der Waals surface area (Å²) < 4.78 is 16.8. The fourth-order valence-corrected chi connectivity index (χ4v) is 7.56. The first-order valence-electron chi connectivity index (χ1n) is 27.3. The van der Waals surface area contributed by atoms with E-state index in [0.29, 0.717) is 19.3 Å². The molecule has 6 nitrogen and oxygen atoms in total. The summed E-state index contributed by atoms with van der Waals surface area (Å²) in [5, 5.41) is 0. The van der Waals surface area contributed by atoms with Gasteiger partial charge >= 0.3 is 17.9 Å². The largest absolute Gasteiger partial charge is 0.462 e. The third-order valence-corrected chi connectivity index (χ3v) is 11.7. The van der Waals surface area contributed by atoms with Gasteiger partial charge in [0.1, 0.15) is 13.2 Å². The van der Waals surface area contributed by atoms with Crippen LogP contribution in [-0.2, 0) is 28.6 Å². The van der Waals surface area contributed by atoms with E-state index in [1.807, 2.05) is 0 Å². The van der Waals surface area contributed by atoms with E-state index < -0.39 is 6.10 Å². The van der Waals surface area contributed by atoms with Crippen LogP contribution in [0.3, 0.4) is 0 Å². The lowest BCUT2D eigenvalue weighted by atomic mass is 10.1. The first-order chi connectivity index (χ1) is 31.5. The number of hydrogen-bond donors (Lipinski definition) is 0. The van der Waals surface area contributed by atoms with Gasteiger partial charge in [0.25, 0.3) is 0 Å². The molecule has 0 saturated heterocycles. The van der Waals surface area contributed by atoms with Crippen LogP contribution in [-0.4, -0.2) is 37.2 Å². The summed E-state index contributed by atoms with van der Waals surface area (Å²) in [4.78, 5) is 38.0. The zero-order valence-electron chi connectivity index (χ0n) is 42.3. The van der Waals surface area contributed by atoms with Gasteiger partial charge in [-0.3, -0.25) is 14.4 Å². The van der Waals surface area contributed by atoms with Crippen LogP contribution in [0.15, 0.2) is 60.8 Å². The summed E-state index contributed by atoms with van der Waals surface area (Å²) in [6.07, 6.45) is 64.9. The van der Waals surface area contributed by atoms with Crippen molar-refractivity contribution < 1.29 is 28.6 Å². The quantitative estimate of drug-likeness (QED) is 0.0262. The molecule has 6 heteroatoms. The lowest BCUT2D eigenvalue weighted by Crippen LogP contribution is -2.30. The minimum Gasteiger partial charge on any atom is -0.462 e. The number of ether oxygens (including phenoxy) is 3. The molecule has 0 aliphatic rings. The molecule has 0 radical (unpaired) electrons. The van der Waals surface area contributed by atoms with Gasteiger partial charge in [-0.15, -0.1) is 0 Å². The molecule has 0 amide bonds.